The summed E-state index contributed by atoms with van der Waals surface area (Å²) in [7, 11) is 0. The van der Waals surface area contributed by atoms with Gasteiger partial charge in [0, 0.05) is 27.2 Å². The first-order valence-corrected chi connectivity index (χ1v) is 8.25. The van der Waals surface area contributed by atoms with Crippen molar-refractivity contribution in [2.45, 2.75) is 23.9 Å². The quantitative estimate of drug-likeness (QED) is 0.853. The van der Waals surface area contributed by atoms with Crippen LogP contribution in [0.15, 0.2) is 57.9 Å². The van der Waals surface area contributed by atoms with Gasteiger partial charge in [-0.2, -0.15) is 0 Å². The monoisotopic (exact) mass is 333 g/mol. The molecule has 0 bridgehead atoms. The summed E-state index contributed by atoms with van der Waals surface area (Å²) in [6.07, 6.45) is 0. The molecule has 2 aromatic carbocycles. The van der Waals surface area contributed by atoms with Gasteiger partial charge < -0.3 is 5.32 Å². The maximum absolute atomic E-state index is 3.73. The van der Waals surface area contributed by atoms with Crippen LogP contribution in [-0.2, 0) is 0 Å². The fraction of sp³-hybridized carbons (Fsp3) is 0.250. The van der Waals surface area contributed by atoms with E-state index in [1.807, 2.05) is 11.8 Å². The first kappa shape index (κ1) is 13.2. The van der Waals surface area contributed by atoms with Crippen molar-refractivity contribution in [2.24, 2.45) is 0 Å². The smallest absolute Gasteiger partial charge is 0.0431 e. The van der Waals surface area contributed by atoms with Crippen LogP contribution < -0.4 is 5.32 Å². The Morgan fingerprint density at radius 2 is 1.89 bits per heavy atom. The van der Waals surface area contributed by atoms with E-state index in [0.29, 0.717) is 12.1 Å². The Morgan fingerprint density at radius 3 is 2.68 bits per heavy atom. The molecular weight excluding hydrogens is 318 g/mol. The number of fused-ring (bicyclic) bond motifs is 1. The number of thioether (sulfide) groups is 1. The van der Waals surface area contributed by atoms with Crippen LogP contribution in [0.2, 0.25) is 0 Å². The van der Waals surface area contributed by atoms with Crippen molar-refractivity contribution in [1.82, 2.24) is 5.32 Å². The lowest BCUT2D eigenvalue weighted by Crippen LogP contribution is -2.24. The van der Waals surface area contributed by atoms with Crippen LogP contribution in [0.25, 0.3) is 0 Å². The van der Waals surface area contributed by atoms with Gasteiger partial charge in [-0.1, -0.05) is 46.3 Å². The second-order valence-electron chi connectivity index (χ2n) is 4.84. The molecule has 0 spiro atoms. The minimum Gasteiger partial charge on any atom is -0.303 e. The molecule has 0 fully saturated rings. The van der Waals surface area contributed by atoms with Crippen molar-refractivity contribution in [3.05, 3.63) is 64.1 Å². The Morgan fingerprint density at radius 1 is 1.16 bits per heavy atom. The maximum Gasteiger partial charge on any atom is 0.0431 e. The second kappa shape index (κ2) is 5.70. The molecule has 2 aromatic rings. The Hall–Kier alpha value is -0.770. The Balaban J connectivity index is 1.74. The lowest BCUT2D eigenvalue weighted by molar-refractivity contribution is 0.501. The molecule has 0 amide bonds. The van der Waals surface area contributed by atoms with Gasteiger partial charge in [0.05, 0.1) is 0 Å². The molecule has 3 heteroatoms. The number of halogens is 1. The van der Waals surface area contributed by atoms with Crippen LogP contribution in [-0.4, -0.2) is 5.75 Å². The van der Waals surface area contributed by atoms with E-state index in [1.54, 1.807) is 0 Å². The largest absolute Gasteiger partial charge is 0.303 e. The van der Waals surface area contributed by atoms with E-state index >= 15 is 0 Å². The zero-order chi connectivity index (χ0) is 13.2. The van der Waals surface area contributed by atoms with E-state index in [9.17, 15) is 0 Å². The minimum atomic E-state index is 0.366. The van der Waals surface area contributed by atoms with E-state index in [4.69, 9.17) is 0 Å². The maximum atomic E-state index is 3.73. The molecule has 3 rings (SSSR count). The standard InChI is InChI=1S/C16H16BrNS/c1-11(12-6-8-13(17)9-7-12)18-15-10-19-16-5-3-2-4-14(15)16/h2-9,11,15,18H,10H2,1H3/t11-,15?/m0/s1. The fourth-order valence-electron chi connectivity index (χ4n) is 2.45. The molecular formula is C16H16BrNS. The fourth-order valence-corrected chi connectivity index (χ4v) is 3.89. The highest BCUT2D eigenvalue weighted by Crippen LogP contribution is 2.38. The van der Waals surface area contributed by atoms with E-state index in [-0.39, 0.29) is 0 Å². The normalized spacial score (nSPS) is 19.2. The Kier molecular flexibility index (Phi) is 3.96. The zero-order valence-electron chi connectivity index (χ0n) is 10.8. The molecule has 0 saturated heterocycles. The van der Waals surface area contributed by atoms with Crippen LogP contribution in [0.1, 0.15) is 30.1 Å². The van der Waals surface area contributed by atoms with Crippen molar-refractivity contribution in [3.8, 4) is 0 Å². The highest BCUT2D eigenvalue weighted by atomic mass is 79.9. The lowest BCUT2D eigenvalue weighted by Gasteiger charge is -2.20. The third-order valence-corrected chi connectivity index (χ3v) is 5.23. The molecule has 1 N–H and O–H groups in total. The van der Waals surface area contributed by atoms with Crippen molar-refractivity contribution in [1.29, 1.82) is 0 Å². The Labute approximate surface area is 126 Å². The average Bonchev–Trinajstić information content (AvgIpc) is 2.83. The third-order valence-electron chi connectivity index (χ3n) is 3.52. The summed E-state index contributed by atoms with van der Waals surface area (Å²) < 4.78 is 1.13. The summed E-state index contributed by atoms with van der Waals surface area (Å²) in [5.74, 6) is 1.13. The minimum absolute atomic E-state index is 0.366. The number of hydrogen-bond acceptors (Lipinski definition) is 2. The zero-order valence-corrected chi connectivity index (χ0v) is 13.2. The lowest BCUT2D eigenvalue weighted by atomic mass is 10.0. The molecule has 1 heterocycles. The molecule has 1 aliphatic heterocycles. The van der Waals surface area contributed by atoms with Crippen molar-refractivity contribution in [3.63, 3.8) is 0 Å². The third kappa shape index (κ3) is 2.88. The van der Waals surface area contributed by atoms with Crippen LogP contribution >= 0.6 is 27.7 Å². The van der Waals surface area contributed by atoms with Crippen molar-refractivity contribution in [2.75, 3.05) is 5.75 Å². The van der Waals surface area contributed by atoms with Gasteiger partial charge in [-0.3, -0.25) is 0 Å². The molecule has 0 saturated carbocycles. The summed E-state index contributed by atoms with van der Waals surface area (Å²) in [6.45, 7) is 2.23. The molecule has 2 atom stereocenters. The highest BCUT2D eigenvalue weighted by molar-refractivity contribution is 9.10. The van der Waals surface area contributed by atoms with Gasteiger partial charge in [-0.05, 0) is 36.2 Å². The summed E-state index contributed by atoms with van der Waals surface area (Å²) in [4.78, 5) is 1.42. The Bertz CT molecular complexity index is 567. The van der Waals surface area contributed by atoms with E-state index in [0.717, 1.165) is 10.2 Å². The summed E-state index contributed by atoms with van der Waals surface area (Å²) in [5, 5.41) is 3.73. The van der Waals surface area contributed by atoms with Gasteiger partial charge in [-0.25, -0.2) is 0 Å². The van der Waals surface area contributed by atoms with Crippen LogP contribution in [0.4, 0.5) is 0 Å². The van der Waals surface area contributed by atoms with Gasteiger partial charge in [0.1, 0.15) is 0 Å². The van der Waals surface area contributed by atoms with Gasteiger partial charge in [-0.15, -0.1) is 11.8 Å². The molecule has 19 heavy (non-hydrogen) atoms. The first-order chi connectivity index (χ1) is 9.24. The van der Waals surface area contributed by atoms with Gasteiger partial charge in [0.2, 0.25) is 0 Å². The van der Waals surface area contributed by atoms with Gasteiger partial charge in [0.25, 0.3) is 0 Å². The highest BCUT2D eigenvalue weighted by Gasteiger charge is 2.23. The van der Waals surface area contributed by atoms with E-state index in [2.05, 4.69) is 76.7 Å². The molecule has 0 aliphatic carbocycles. The summed E-state index contributed by atoms with van der Waals surface area (Å²) in [5.41, 5.74) is 2.77. The van der Waals surface area contributed by atoms with Crippen LogP contribution in [0.5, 0.6) is 0 Å². The predicted octanol–water partition coefficient (Wildman–Crippen LogP) is 4.95. The number of rotatable bonds is 3. The molecule has 1 nitrogen and oxygen atoms in total. The van der Waals surface area contributed by atoms with Gasteiger partial charge in [0.15, 0.2) is 0 Å². The SMILES string of the molecule is C[C@H](NC1CSc2ccccc21)c1ccc(Br)cc1. The van der Waals surface area contributed by atoms with Crippen molar-refractivity contribution >= 4 is 27.7 Å². The molecule has 1 unspecified atom stereocenters. The predicted molar refractivity (Wildman–Crippen MR) is 85.6 cm³/mol. The summed E-state index contributed by atoms with van der Waals surface area (Å²) >= 11 is 5.43. The average molecular weight is 334 g/mol. The number of benzene rings is 2. The first-order valence-electron chi connectivity index (χ1n) is 6.47. The molecule has 0 radical (unpaired) electrons. The molecule has 0 aromatic heterocycles. The second-order valence-corrected chi connectivity index (χ2v) is 6.82. The van der Waals surface area contributed by atoms with E-state index in [1.165, 1.54) is 16.0 Å². The number of nitrogens with one attached hydrogen (secondary N) is 1. The molecule has 98 valence electrons. The summed E-state index contributed by atoms with van der Waals surface area (Å²) in [6, 6.07) is 18.1. The topological polar surface area (TPSA) is 12.0 Å². The number of hydrogen-bond donors (Lipinski definition) is 1. The van der Waals surface area contributed by atoms with Crippen LogP contribution in [0, 0.1) is 0 Å². The molecule has 1 aliphatic rings. The van der Waals surface area contributed by atoms with E-state index < -0.39 is 0 Å². The van der Waals surface area contributed by atoms with Crippen molar-refractivity contribution < 1.29 is 0 Å². The van der Waals surface area contributed by atoms with Crippen LogP contribution in [0.3, 0.4) is 0 Å². The van der Waals surface area contributed by atoms with Gasteiger partial charge >= 0.3 is 0 Å².